The Morgan fingerprint density at radius 2 is 0.938 bits per heavy atom. The molecule has 0 saturated heterocycles. The van der Waals surface area contributed by atoms with E-state index < -0.39 is 0 Å². The summed E-state index contributed by atoms with van der Waals surface area (Å²) >= 11 is 0. The van der Waals surface area contributed by atoms with Crippen molar-refractivity contribution in [3.63, 3.8) is 0 Å². The molecule has 9 aromatic rings. The molecule has 0 unspecified atom stereocenters. The second-order valence-corrected chi connectivity index (χ2v) is 11.9. The van der Waals surface area contributed by atoms with Crippen molar-refractivity contribution in [2.45, 2.75) is 0 Å². The van der Waals surface area contributed by atoms with E-state index in [-0.39, 0.29) is 0 Å². The highest BCUT2D eigenvalue weighted by Crippen LogP contribution is 2.40. The van der Waals surface area contributed by atoms with Gasteiger partial charge in [0.2, 0.25) is 5.69 Å². The number of benzene rings is 7. The summed E-state index contributed by atoms with van der Waals surface area (Å²) in [4.78, 5) is 7.63. The van der Waals surface area contributed by atoms with E-state index in [0.29, 0.717) is 11.4 Å². The minimum absolute atomic E-state index is 0.610. The van der Waals surface area contributed by atoms with E-state index in [2.05, 4.69) is 140 Å². The standard InChI is InChI=1S/C44H26N4/c1-45-32-24-27-34(43(28-32)48-41-16-7-3-10-35(41)36-11-4-8-17-42(36)48)31-20-18-29(19-21-31)30-22-25-33(26-23-30)47-40-15-6-5-12-37(40)38-13-9-14-39(46-2)44(38)47/h3-28H. The molecule has 2 aromatic heterocycles. The van der Waals surface area contributed by atoms with E-state index in [0.717, 1.165) is 66.5 Å². The summed E-state index contributed by atoms with van der Waals surface area (Å²) in [6, 6.07) is 54.4. The summed E-state index contributed by atoms with van der Waals surface area (Å²) in [6.07, 6.45) is 0. The number of para-hydroxylation sites is 4. The van der Waals surface area contributed by atoms with E-state index >= 15 is 0 Å². The van der Waals surface area contributed by atoms with Crippen molar-refractivity contribution in [2.24, 2.45) is 0 Å². The van der Waals surface area contributed by atoms with Crippen LogP contribution in [-0.4, -0.2) is 9.13 Å². The maximum Gasteiger partial charge on any atom is 0.211 e. The average molecular weight is 611 g/mol. The zero-order valence-corrected chi connectivity index (χ0v) is 25.8. The van der Waals surface area contributed by atoms with Crippen LogP contribution in [0.3, 0.4) is 0 Å². The third-order valence-corrected chi connectivity index (χ3v) is 9.38. The van der Waals surface area contributed by atoms with Gasteiger partial charge >= 0.3 is 0 Å². The molecule has 0 aliphatic carbocycles. The Hall–Kier alpha value is -6.88. The maximum atomic E-state index is 7.83. The van der Waals surface area contributed by atoms with Crippen molar-refractivity contribution in [1.29, 1.82) is 0 Å². The van der Waals surface area contributed by atoms with Crippen molar-refractivity contribution < 1.29 is 0 Å². The first-order valence-corrected chi connectivity index (χ1v) is 15.8. The van der Waals surface area contributed by atoms with Gasteiger partial charge in [-0.15, -0.1) is 0 Å². The molecule has 222 valence electrons. The molecule has 0 amide bonds. The second-order valence-electron chi connectivity index (χ2n) is 11.9. The molecule has 0 saturated carbocycles. The normalized spacial score (nSPS) is 11.3. The fourth-order valence-electron chi connectivity index (χ4n) is 7.20. The second kappa shape index (κ2) is 10.9. The third-order valence-electron chi connectivity index (χ3n) is 9.38. The molecule has 0 radical (unpaired) electrons. The van der Waals surface area contributed by atoms with E-state index in [9.17, 15) is 0 Å². The number of fused-ring (bicyclic) bond motifs is 6. The molecule has 2 heterocycles. The van der Waals surface area contributed by atoms with Crippen LogP contribution in [0, 0.1) is 13.1 Å². The highest BCUT2D eigenvalue weighted by atomic mass is 15.0. The Morgan fingerprint density at radius 1 is 0.417 bits per heavy atom. The van der Waals surface area contributed by atoms with Crippen LogP contribution >= 0.6 is 0 Å². The number of hydrogen-bond donors (Lipinski definition) is 0. The number of rotatable bonds is 4. The summed E-state index contributed by atoms with van der Waals surface area (Å²) in [6.45, 7) is 15.6. The first-order chi connectivity index (χ1) is 23.7. The molecule has 0 N–H and O–H groups in total. The lowest BCUT2D eigenvalue weighted by Gasteiger charge is -2.15. The quantitative estimate of drug-likeness (QED) is 0.177. The number of aromatic nitrogens is 2. The van der Waals surface area contributed by atoms with Gasteiger partial charge in [0, 0.05) is 33.1 Å². The Labute approximate surface area is 277 Å². The molecule has 0 aliphatic heterocycles. The maximum absolute atomic E-state index is 7.83. The Balaban J connectivity index is 1.13. The first-order valence-electron chi connectivity index (χ1n) is 15.8. The summed E-state index contributed by atoms with van der Waals surface area (Å²) in [5.74, 6) is 0. The lowest BCUT2D eigenvalue weighted by atomic mass is 9.98. The van der Waals surface area contributed by atoms with Crippen molar-refractivity contribution in [2.75, 3.05) is 0 Å². The number of nitrogens with zero attached hydrogens (tertiary/aromatic N) is 4. The fraction of sp³-hybridized carbons (Fsp3) is 0. The Kier molecular flexibility index (Phi) is 6.22. The van der Waals surface area contributed by atoms with Crippen molar-refractivity contribution in [1.82, 2.24) is 9.13 Å². The summed E-state index contributed by atoms with van der Waals surface area (Å²) < 4.78 is 4.49. The average Bonchev–Trinajstić information content (AvgIpc) is 3.68. The summed E-state index contributed by atoms with van der Waals surface area (Å²) in [5.41, 5.74) is 11.9. The highest BCUT2D eigenvalue weighted by molar-refractivity contribution is 6.13. The largest absolute Gasteiger partial charge is 0.319 e. The molecule has 0 bridgehead atoms. The molecular weight excluding hydrogens is 585 g/mol. The molecule has 0 fully saturated rings. The SMILES string of the molecule is [C-]#[N+]c1ccc(-c2ccc(-c3ccc(-n4c5ccccc5c5cccc([N+]#[C-])c54)cc3)cc2)c(-n2c3ccccc3c3ccccc32)c1. The minimum atomic E-state index is 0.610. The molecule has 9 rings (SSSR count). The van der Waals surface area contributed by atoms with Crippen LogP contribution in [-0.2, 0) is 0 Å². The van der Waals surface area contributed by atoms with Crippen LogP contribution in [0.2, 0.25) is 0 Å². The topological polar surface area (TPSA) is 18.6 Å². The fourth-order valence-corrected chi connectivity index (χ4v) is 7.20. The monoisotopic (exact) mass is 610 g/mol. The van der Waals surface area contributed by atoms with E-state index in [1.54, 1.807) is 0 Å². The molecule has 0 spiro atoms. The molecule has 48 heavy (non-hydrogen) atoms. The number of hydrogen-bond acceptors (Lipinski definition) is 0. The molecular formula is C44H26N4. The van der Waals surface area contributed by atoms with Gasteiger partial charge < -0.3 is 9.13 Å². The zero-order chi connectivity index (χ0) is 32.2. The third kappa shape index (κ3) is 4.14. The van der Waals surface area contributed by atoms with Gasteiger partial charge in [0.1, 0.15) is 0 Å². The van der Waals surface area contributed by atoms with Crippen LogP contribution in [0.5, 0.6) is 0 Å². The molecule has 4 nitrogen and oxygen atoms in total. The van der Waals surface area contributed by atoms with Crippen LogP contribution in [0.25, 0.3) is 86.9 Å². The Bertz CT molecular complexity index is 2730. The van der Waals surface area contributed by atoms with Gasteiger partial charge in [-0.25, -0.2) is 9.69 Å². The van der Waals surface area contributed by atoms with Crippen LogP contribution < -0.4 is 0 Å². The molecule has 7 aromatic carbocycles. The van der Waals surface area contributed by atoms with Gasteiger partial charge in [0.15, 0.2) is 5.69 Å². The van der Waals surface area contributed by atoms with E-state index in [4.69, 9.17) is 13.1 Å². The first kappa shape index (κ1) is 27.4. The lowest BCUT2D eigenvalue weighted by Crippen LogP contribution is -1.97. The van der Waals surface area contributed by atoms with Gasteiger partial charge in [-0.05, 0) is 58.5 Å². The van der Waals surface area contributed by atoms with Crippen molar-refractivity contribution in [3.05, 3.63) is 181 Å². The van der Waals surface area contributed by atoms with Gasteiger partial charge in [0.05, 0.1) is 35.2 Å². The van der Waals surface area contributed by atoms with E-state index in [1.807, 2.05) is 36.4 Å². The van der Waals surface area contributed by atoms with Gasteiger partial charge in [-0.3, -0.25) is 0 Å². The predicted octanol–water partition coefficient (Wildman–Crippen LogP) is 12.3. The lowest BCUT2D eigenvalue weighted by molar-refractivity contribution is 1.18. The highest BCUT2D eigenvalue weighted by Gasteiger charge is 2.17. The van der Waals surface area contributed by atoms with Gasteiger partial charge in [0.25, 0.3) is 0 Å². The van der Waals surface area contributed by atoms with Crippen LogP contribution in [0.1, 0.15) is 0 Å². The molecule has 0 aliphatic rings. The van der Waals surface area contributed by atoms with Crippen LogP contribution in [0.4, 0.5) is 11.4 Å². The summed E-state index contributed by atoms with van der Waals surface area (Å²) in [7, 11) is 0. The van der Waals surface area contributed by atoms with Crippen LogP contribution in [0.15, 0.2) is 158 Å². The summed E-state index contributed by atoms with van der Waals surface area (Å²) in [5, 5.41) is 4.61. The van der Waals surface area contributed by atoms with Crippen molar-refractivity contribution >= 4 is 55.0 Å². The van der Waals surface area contributed by atoms with Gasteiger partial charge in [-0.1, -0.05) is 121 Å². The van der Waals surface area contributed by atoms with Gasteiger partial charge in [-0.2, -0.15) is 0 Å². The minimum Gasteiger partial charge on any atom is -0.319 e. The Morgan fingerprint density at radius 3 is 1.54 bits per heavy atom. The zero-order valence-electron chi connectivity index (χ0n) is 25.8. The molecule has 0 atom stereocenters. The van der Waals surface area contributed by atoms with E-state index in [1.165, 1.54) is 10.8 Å². The smallest absolute Gasteiger partial charge is 0.211 e. The predicted molar refractivity (Wildman–Crippen MR) is 199 cm³/mol. The molecule has 4 heteroatoms. The van der Waals surface area contributed by atoms with Crippen molar-refractivity contribution in [3.8, 4) is 33.6 Å².